The van der Waals surface area contributed by atoms with E-state index in [1.54, 1.807) is 23.9 Å². The zero-order valence-corrected chi connectivity index (χ0v) is 15.4. The number of hydrogen-bond donors (Lipinski definition) is 0. The van der Waals surface area contributed by atoms with Crippen molar-refractivity contribution in [1.82, 2.24) is 4.90 Å². The van der Waals surface area contributed by atoms with E-state index in [-0.39, 0.29) is 17.1 Å². The molecule has 2 atom stereocenters. The molecule has 4 heteroatoms. The lowest BCUT2D eigenvalue weighted by Gasteiger charge is -2.50. The molecule has 0 saturated carbocycles. The third-order valence-corrected chi connectivity index (χ3v) is 6.84. The maximum absolute atomic E-state index is 13.4. The van der Waals surface area contributed by atoms with E-state index in [9.17, 15) is 9.18 Å². The van der Waals surface area contributed by atoms with Gasteiger partial charge in [-0.05, 0) is 60.7 Å². The van der Waals surface area contributed by atoms with Gasteiger partial charge < -0.3 is 4.90 Å². The molecule has 0 aromatic heterocycles. The minimum atomic E-state index is -0.201. The number of likely N-dealkylation sites (N-methyl/N-ethyl adjacent to an activating group) is 1. The highest BCUT2D eigenvalue weighted by Crippen LogP contribution is 2.46. The van der Waals surface area contributed by atoms with Crippen LogP contribution in [0.5, 0.6) is 0 Å². The number of carbonyl (C=O) groups excluding carboxylic acids is 1. The molecule has 130 valence electrons. The smallest absolute Gasteiger partial charge is 0.222 e. The second kappa shape index (κ2) is 6.17. The number of aryl methyl sites for hydroxylation is 1. The van der Waals surface area contributed by atoms with Gasteiger partial charge in [0.05, 0.1) is 0 Å². The van der Waals surface area contributed by atoms with Crippen LogP contribution < -0.4 is 0 Å². The lowest BCUT2D eigenvalue weighted by molar-refractivity contribution is -0.138. The average molecular weight is 355 g/mol. The van der Waals surface area contributed by atoms with E-state index in [4.69, 9.17) is 0 Å². The number of nitrogens with zero attached hydrogens (tertiary/aromatic N) is 1. The number of hydrogen-bond acceptors (Lipinski definition) is 2. The highest BCUT2D eigenvalue weighted by molar-refractivity contribution is 7.99. The van der Waals surface area contributed by atoms with Crippen LogP contribution in [0.1, 0.15) is 37.3 Å². The second-order valence-corrected chi connectivity index (χ2v) is 8.50. The van der Waals surface area contributed by atoms with Gasteiger partial charge in [-0.25, -0.2) is 4.39 Å². The number of halogens is 1. The van der Waals surface area contributed by atoms with E-state index in [2.05, 4.69) is 25.1 Å². The van der Waals surface area contributed by atoms with Crippen molar-refractivity contribution >= 4 is 17.7 Å². The zero-order chi connectivity index (χ0) is 17.6. The molecule has 0 unspecified atom stereocenters. The molecule has 1 aliphatic carbocycles. The third kappa shape index (κ3) is 2.86. The van der Waals surface area contributed by atoms with Crippen LogP contribution in [0.4, 0.5) is 4.39 Å². The summed E-state index contributed by atoms with van der Waals surface area (Å²) < 4.78 is 13.4. The predicted octanol–water partition coefficient (Wildman–Crippen LogP) is 4.80. The average Bonchev–Trinajstić information content (AvgIpc) is 2.58. The van der Waals surface area contributed by atoms with E-state index in [0.717, 1.165) is 29.1 Å². The Hall–Kier alpha value is -1.81. The lowest BCUT2D eigenvalue weighted by Crippen LogP contribution is -2.56. The van der Waals surface area contributed by atoms with Gasteiger partial charge in [0, 0.05) is 34.7 Å². The van der Waals surface area contributed by atoms with Gasteiger partial charge in [0.15, 0.2) is 0 Å². The summed E-state index contributed by atoms with van der Waals surface area (Å²) in [5.41, 5.74) is 2.80. The Bertz CT molecular complexity index is 836. The summed E-state index contributed by atoms with van der Waals surface area (Å²) in [7, 11) is 1.95. The summed E-state index contributed by atoms with van der Waals surface area (Å²) in [5, 5.41) is 0. The first-order chi connectivity index (χ1) is 12.0. The van der Waals surface area contributed by atoms with Gasteiger partial charge in [-0.2, -0.15) is 0 Å². The van der Waals surface area contributed by atoms with Crippen molar-refractivity contribution in [2.75, 3.05) is 7.05 Å². The number of rotatable bonds is 2. The first-order valence-corrected chi connectivity index (χ1v) is 9.61. The van der Waals surface area contributed by atoms with Crippen molar-refractivity contribution in [2.45, 2.75) is 53.9 Å². The van der Waals surface area contributed by atoms with Gasteiger partial charge in [-0.15, -0.1) is 0 Å². The van der Waals surface area contributed by atoms with E-state index < -0.39 is 0 Å². The SMILES string of the molecule is CN1C(=O)CC[C@]2(C)c3ccc(Sc4cccc(F)c4)cc3CC[C@@H]12. The fourth-order valence-electron chi connectivity index (χ4n) is 4.49. The minimum absolute atomic E-state index is 0.0400. The Balaban J connectivity index is 1.65. The third-order valence-electron chi connectivity index (χ3n) is 5.87. The first kappa shape index (κ1) is 16.6. The number of carbonyl (C=O) groups is 1. The van der Waals surface area contributed by atoms with Crippen LogP contribution in [-0.2, 0) is 16.6 Å². The number of piperidine rings is 1. The Morgan fingerprint density at radius 3 is 2.76 bits per heavy atom. The number of fused-ring (bicyclic) bond motifs is 3. The molecule has 1 fully saturated rings. The van der Waals surface area contributed by atoms with Gasteiger partial charge in [0.1, 0.15) is 5.82 Å². The van der Waals surface area contributed by atoms with Crippen molar-refractivity contribution in [3.05, 3.63) is 59.4 Å². The molecule has 1 saturated heterocycles. The van der Waals surface area contributed by atoms with E-state index >= 15 is 0 Å². The van der Waals surface area contributed by atoms with Crippen LogP contribution in [0.25, 0.3) is 0 Å². The summed E-state index contributed by atoms with van der Waals surface area (Å²) in [6, 6.07) is 13.6. The molecule has 2 aliphatic rings. The van der Waals surface area contributed by atoms with Gasteiger partial charge in [0.25, 0.3) is 0 Å². The molecule has 1 aliphatic heterocycles. The van der Waals surface area contributed by atoms with Crippen LogP contribution >= 0.6 is 11.8 Å². The Kier molecular flexibility index (Phi) is 4.11. The molecular weight excluding hydrogens is 333 g/mol. The van der Waals surface area contributed by atoms with Crippen LogP contribution in [0.2, 0.25) is 0 Å². The van der Waals surface area contributed by atoms with E-state index in [0.29, 0.717) is 12.5 Å². The maximum atomic E-state index is 13.4. The predicted molar refractivity (Wildman–Crippen MR) is 98.4 cm³/mol. The van der Waals surface area contributed by atoms with Crippen molar-refractivity contribution in [3.63, 3.8) is 0 Å². The molecule has 2 aromatic carbocycles. The fraction of sp³-hybridized carbons (Fsp3) is 0.381. The maximum Gasteiger partial charge on any atom is 0.222 e. The molecule has 0 N–H and O–H groups in total. The Morgan fingerprint density at radius 2 is 1.96 bits per heavy atom. The molecule has 0 bridgehead atoms. The number of likely N-dealkylation sites (tertiary alicyclic amines) is 1. The van der Waals surface area contributed by atoms with Crippen molar-refractivity contribution < 1.29 is 9.18 Å². The summed E-state index contributed by atoms with van der Waals surface area (Å²) in [4.78, 5) is 16.1. The topological polar surface area (TPSA) is 20.3 Å². The van der Waals surface area contributed by atoms with Crippen LogP contribution in [0.3, 0.4) is 0 Å². The highest BCUT2D eigenvalue weighted by atomic mass is 32.2. The molecule has 0 radical (unpaired) electrons. The molecule has 1 amide bonds. The van der Waals surface area contributed by atoms with Gasteiger partial charge >= 0.3 is 0 Å². The van der Waals surface area contributed by atoms with Gasteiger partial charge in [-0.1, -0.05) is 30.8 Å². The summed E-state index contributed by atoms with van der Waals surface area (Å²) >= 11 is 1.60. The first-order valence-electron chi connectivity index (χ1n) is 8.80. The van der Waals surface area contributed by atoms with Gasteiger partial charge in [-0.3, -0.25) is 4.79 Å². The van der Waals surface area contributed by atoms with Crippen molar-refractivity contribution in [3.8, 4) is 0 Å². The van der Waals surface area contributed by atoms with Gasteiger partial charge in [0.2, 0.25) is 5.91 Å². The molecule has 25 heavy (non-hydrogen) atoms. The summed E-state index contributed by atoms with van der Waals surface area (Å²) in [6.07, 6.45) is 3.55. The molecule has 0 spiro atoms. The number of benzene rings is 2. The molecule has 4 rings (SSSR count). The van der Waals surface area contributed by atoms with E-state index in [1.807, 2.05) is 18.0 Å². The normalized spacial score (nSPS) is 25.5. The zero-order valence-electron chi connectivity index (χ0n) is 14.6. The summed E-state index contributed by atoms with van der Waals surface area (Å²) in [5.74, 6) is 0.0671. The standard InChI is InChI=1S/C21H22FNOS/c1-21-11-10-20(24)23(2)19(21)9-6-14-12-17(7-8-18(14)21)25-16-5-3-4-15(22)13-16/h3-5,7-8,12-13,19H,6,9-11H2,1-2H3/t19-,21-/m1/s1. The van der Waals surface area contributed by atoms with E-state index in [1.165, 1.54) is 17.2 Å². The Morgan fingerprint density at radius 1 is 1.16 bits per heavy atom. The Labute approximate surface area is 152 Å². The molecule has 1 heterocycles. The molecular formula is C21H22FNOS. The highest BCUT2D eigenvalue weighted by Gasteiger charge is 2.46. The minimum Gasteiger partial charge on any atom is -0.342 e. The van der Waals surface area contributed by atoms with Crippen LogP contribution in [-0.4, -0.2) is 23.9 Å². The molecule has 2 nitrogen and oxygen atoms in total. The van der Waals surface area contributed by atoms with Crippen LogP contribution in [0.15, 0.2) is 52.3 Å². The molecule has 2 aromatic rings. The van der Waals surface area contributed by atoms with Crippen LogP contribution in [0, 0.1) is 5.82 Å². The monoisotopic (exact) mass is 355 g/mol. The second-order valence-electron chi connectivity index (χ2n) is 7.35. The quantitative estimate of drug-likeness (QED) is 0.771. The van der Waals surface area contributed by atoms with Crippen molar-refractivity contribution in [2.24, 2.45) is 0 Å². The summed E-state index contributed by atoms with van der Waals surface area (Å²) in [6.45, 7) is 2.30. The fourth-order valence-corrected chi connectivity index (χ4v) is 5.42. The lowest BCUT2D eigenvalue weighted by atomic mass is 9.63. The largest absolute Gasteiger partial charge is 0.342 e. The van der Waals surface area contributed by atoms with Crippen molar-refractivity contribution in [1.29, 1.82) is 0 Å². The number of amides is 1.